The van der Waals surface area contributed by atoms with Gasteiger partial charge in [-0.15, -0.1) is 0 Å². The maximum absolute atomic E-state index is 9.95. The van der Waals surface area contributed by atoms with Gasteiger partial charge in [0.1, 0.15) is 0 Å². The zero-order chi connectivity index (χ0) is 18.2. The monoisotopic (exact) mass is 323 g/mol. The number of aliphatic hydroxyl groups excluding tert-OH is 1. The summed E-state index contributed by atoms with van der Waals surface area (Å²) in [6.45, 7) is 10.6. The van der Waals surface area contributed by atoms with Gasteiger partial charge in [-0.05, 0) is 44.6 Å². The van der Waals surface area contributed by atoms with Crippen molar-refractivity contribution in [1.29, 1.82) is 5.26 Å². The molecule has 24 heavy (non-hydrogen) atoms. The highest BCUT2D eigenvalue weighted by Gasteiger charge is 2.31. The van der Waals surface area contributed by atoms with Gasteiger partial charge < -0.3 is 5.11 Å². The Bertz CT molecular complexity index is 661. The van der Waals surface area contributed by atoms with Gasteiger partial charge in [-0.2, -0.15) is 5.26 Å². The molecule has 0 fully saturated rings. The first kappa shape index (κ1) is 19.9. The average Bonchev–Trinajstić information content (AvgIpc) is 2.45. The lowest BCUT2D eigenvalue weighted by molar-refractivity contribution is 0.116. The minimum atomic E-state index is -0.221. The first-order valence-corrected chi connectivity index (χ1v) is 8.40. The number of nitriles is 1. The van der Waals surface area contributed by atoms with Crippen LogP contribution in [0.3, 0.4) is 0 Å². The number of allylic oxidation sites excluding steroid dienone is 11. The van der Waals surface area contributed by atoms with Gasteiger partial charge in [0.2, 0.25) is 0 Å². The molecule has 1 aliphatic carbocycles. The van der Waals surface area contributed by atoms with E-state index >= 15 is 0 Å². The number of hydrogen-bond acceptors (Lipinski definition) is 2. The number of aliphatic hydroxyl groups is 1. The van der Waals surface area contributed by atoms with Crippen LogP contribution in [0, 0.1) is 16.7 Å². The second kappa shape index (κ2) is 9.25. The third kappa shape index (κ3) is 6.56. The first-order valence-electron chi connectivity index (χ1n) is 8.40. The van der Waals surface area contributed by atoms with Gasteiger partial charge in [-0.25, -0.2) is 0 Å². The molecule has 0 aromatic heterocycles. The highest BCUT2D eigenvalue weighted by atomic mass is 16.3. The van der Waals surface area contributed by atoms with Crippen LogP contribution in [0.25, 0.3) is 0 Å². The average molecular weight is 323 g/mol. The molecule has 128 valence electrons. The minimum absolute atomic E-state index is 0.0147. The van der Waals surface area contributed by atoms with Crippen LogP contribution in [0.2, 0.25) is 0 Å². The molecule has 1 atom stereocenters. The summed E-state index contributed by atoms with van der Waals surface area (Å²) in [4.78, 5) is 0. The Labute approximate surface area is 146 Å². The van der Waals surface area contributed by atoms with Crippen LogP contribution in [-0.4, -0.2) is 11.2 Å². The van der Waals surface area contributed by atoms with Crippen molar-refractivity contribution in [3.63, 3.8) is 0 Å². The van der Waals surface area contributed by atoms with Crippen molar-refractivity contribution in [2.45, 2.75) is 53.6 Å². The maximum Gasteiger partial charge on any atom is 0.0912 e. The summed E-state index contributed by atoms with van der Waals surface area (Å²) in [7, 11) is 0. The summed E-state index contributed by atoms with van der Waals surface area (Å²) in [5.41, 5.74) is 4.90. The molecule has 2 nitrogen and oxygen atoms in total. The van der Waals surface area contributed by atoms with Gasteiger partial charge in [-0.3, -0.25) is 0 Å². The van der Waals surface area contributed by atoms with E-state index < -0.39 is 0 Å². The molecule has 2 heteroatoms. The molecular weight excluding hydrogens is 294 g/mol. The van der Waals surface area contributed by atoms with Gasteiger partial charge in [0.15, 0.2) is 0 Å². The largest absolute Gasteiger partial charge is 0.393 e. The Morgan fingerprint density at radius 2 is 1.79 bits per heavy atom. The first-order chi connectivity index (χ1) is 11.3. The second-order valence-electron chi connectivity index (χ2n) is 7.14. The molecule has 0 saturated carbocycles. The summed E-state index contributed by atoms with van der Waals surface area (Å²) in [6.07, 6.45) is 16.9. The molecule has 0 radical (unpaired) electrons. The molecule has 0 spiro atoms. The van der Waals surface area contributed by atoms with Crippen molar-refractivity contribution in [2.75, 3.05) is 0 Å². The van der Waals surface area contributed by atoms with E-state index in [1.165, 1.54) is 22.8 Å². The number of rotatable bonds is 5. The Hall–Kier alpha value is -2.11. The smallest absolute Gasteiger partial charge is 0.0912 e. The van der Waals surface area contributed by atoms with Crippen molar-refractivity contribution < 1.29 is 5.11 Å². The lowest BCUT2D eigenvalue weighted by Crippen LogP contribution is -2.28. The van der Waals surface area contributed by atoms with Crippen LogP contribution in [0.15, 0.2) is 70.9 Å². The molecule has 1 unspecified atom stereocenters. The molecule has 1 N–H and O–H groups in total. The minimum Gasteiger partial charge on any atom is -0.393 e. The van der Waals surface area contributed by atoms with Gasteiger partial charge in [0.25, 0.3) is 0 Å². The summed E-state index contributed by atoms with van der Waals surface area (Å²) >= 11 is 0. The maximum atomic E-state index is 9.95. The molecule has 0 heterocycles. The molecule has 1 rings (SSSR count). The fourth-order valence-electron chi connectivity index (χ4n) is 3.10. The standard InChI is InChI=1S/C22H29NO/c1-17(9-6-7-14-23)10-8-11-18(2)12-13-21-19(3)15-20(24)16-22(21,4)5/h6-13,20,24H,15-16H2,1-5H3/b7-6+,10-8+,13-12+,17-9+,18-11+. The molecule has 0 aromatic rings. The predicted octanol–water partition coefficient (Wildman–Crippen LogP) is 5.57. The zero-order valence-electron chi connectivity index (χ0n) is 15.5. The third-order valence-corrected chi connectivity index (χ3v) is 4.24. The molecule has 0 saturated heterocycles. The van der Waals surface area contributed by atoms with E-state index in [0.29, 0.717) is 0 Å². The Balaban J connectivity index is 2.80. The van der Waals surface area contributed by atoms with Gasteiger partial charge >= 0.3 is 0 Å². The summed E-state index contributed by atoms with van der Waals surface area (Å²) in [5.74, 6) is 0. The molecular formula is C22H29NO. The predicted molar refractivity (Wildman–Crippen MR) is 102 cm³/mol. The third-order valence-electron chi connectivity index (χ3n) is 4.24. The molecule has 1 aliphatic rings. The Kier molecular flexibility index (Phi) is 7.68. The SMILES string of the molecule is CC1=C(/C=C/C(C)=C/C=C/C(C)=C/C=C/C#N)C(C)(C)CC(O)C1. The highest BCUT2D eigenvalue weighted by Crippen LogP contribution is 2.40. The number of hydrogen-bond donors (Lipinski definition) is 1. The topological polar surface area (TPSA) is 44.0 Å². The van der Waals surface area contributed by atoms with Crippen molar-refractivity contribution in [2.24, 2.45) is 5.41 Å². The molecule has 0 aromatic carbocycles. The fraction of sp³-hybridized carbons (Fsp3) is 0.409. The highest BCUT2D eigenvalue weighted by molar-refractivity contribution is 5.37. The Morgan fingerprint density at radius 1 is 1.17 bits per heavy atom. The van der Waals surface area contributed by atoms with Crippen molar-refractivity contribution in [3.8, 4) is 6.07 Å². The summed E-state index contributed by atoms with van der Waals surface area (Å²) < 4.78 is 0. The van der Waals surface area contributed by atoms with E-state index in [0.717, 1.165) is 18.4 Å². The number of nitrogens with zero attached hydrogens (tertiary/aromatic N) is 1. The molecule has 0 aliphatic heterocycles. The summed E-state index contributed by atoms with van der Waals surface area (Å²) in [5, 5.41) is 18.4. The second-order valence-corrected chi connectivity index (χ2v) is 7.14. The zero-order valence-corrected chi connectivity index (χ0v) is 15.5. The van der Waals surface area contributed by atoms with Crippen molar-refractivity contribution in [3.05, 3.63) is 70.9 Å². The fourth-order valence-corrected chi connectivity index (χ4v) is 3.10. The van der Waals surface area contributed by atoms with Gasteiger partial charge in [0.05, 0.1) is 12.2 Å². The molecule has 0 amide bonds. The van der Waals surface area contributed by atoms with Crippen LogP contribution in [0.5, 0.6) is 0 Å². The normalized spacial score (nSPS) is 22.8. The van der Waals surface area contributed by atoms with E-state index in [2.05, 4.69) is 45.9 Å². The van der Waals surface area contributed by atoms with Crippen LogP contribution in [-0.2, 0) is 0 Å². The quantitative estimate of drug-likeness (QED) is 0.531. The van der Waals surface area contributed by atoms with Gasteiger partial charge in [0, 0.05) is 6.08 Å². The Morgan fingerprint density at radius 3 is 2.42 bits per heavy atom. The van der Waals surface area contributed by atoms with Crippen LogP contribution in [0.1, 0.15) is 47.5 Å². The lowest BCUT2D eigenvalue weighted by atomic mass is 9.71. The van der Waals surface area contributed by atoms with E-state index in [1.54, 1.807) is 6.08 Å². The van der Waals surface area contributed by atoms with Crippen molar-refractivity contribution in [1.82, 2.24) is 0 Å². The van der Waals surface area contributed by atoms with E-state index in [9.17, 15) is 5.11 Å². The van der Waals surface area contributed by atoms with E-state index in [4.69, 9.17) is 5.26 Å². The van der Waals surface area contributed by atoms with Crippen molar-refractivity contribution >= 4 is 0 Å². The molecule has 0 bridgehead atoms. The lowest BCUT2D eigenvalue weighted by Gasteiger charge is -2.35. The van der Waals surface area contributed by atoms with Crippen LogP contribution >= 0.6 is 0 Å². The van der Waals surface area contributed by atoms with Gasteiger partial charge in [-0.1, -0.05) is 73.1 Å². The van der Waals surface area contributed by atoms with E-state index in [1.807, 2.05) is 31.2 Å². The van der Waals surface area contributed by atoms with E-state index in [-0.39, 0.29) is 11.5 Å². The van der Waals surface area contributed by atoms with Crippen LogP contribution < -0.4 is 0 Å². The summed E-state index contributed by atoms with van der Waals surface area (Å²) in [6, 6.07) is 1.97. The van der Waals surface area contributed by atoms with Crippen LogP contribution in [0.4, 0.5) is 0 Å².